The van der Waals surface area contributed by atoms with Crippen LogP contribution in [0.3, 0.4) is 0 Å². The van der Waals surface area contributed by atoms with Crippen LogP contribution in [0.4, 0.5) is 4.79 Å². The molecule has 1 unspecified atom stereocenters. The summed E-state index contributed by atoms with van der Waals surface area (Å²) < 4.78 is 0. The molecule has 5 heteroatoms. The number of hydrogen-bond acceptors (Lipinski definition) is 3. The van der Waals surface area contributed by atoms with Crippen LogP contribution in [0, 0.1) is 11.3 Å². The second-order valence-electron chi connectivity index (χ2n) is 5.65. The first-order valence-corrected chi connectivity index (χ1v) is 6.38. The zero-order chi connectivity index (χ0) is 14.2. The molecule has 0 aromatic heterocycles. The summed E-state index contributed by atoms with van der Waals surface area (Å²) in [4.78, 5) is 34.1. The maximum absolute atomic E-state index is 11.6. The second-order valence-corrected chi connectivity index (χ2v) is 5.65. The van der Waals surface area contributed by atoms with Gasteiger partial charge in [0.15, 0.2) is 0 Å². The lowest BCUT2D eigenvalue weighted by molar-refractivity contribution is -0.124. The van der Waals surface area contributed by atoms with E-state index in [4.69, 9.17) is 0 Å². The average molecular weight is 262 g/mol. The lowest BCUT2D eigenvalue weighted by Gasteiger charge is -2.28. The summed E-state index contributed by atoms with van der Waals surface area (Å²) in [7, 11) is 0. The molecule has 5 nitrogen and oxygen atoms in total. The summed E-state index contributed by atoms with van der Waals surface area (Å²) in [6.07, 6.45) is 5.35. The minimum Gasteiger partial charge on any atom is -0.273 e. The molecular formula is C14H18N2O3. The Morgan fingerprint density at radius 3 is 2.32 bits per heavy atom. The fourth-order valence-electron chi connectivity index (χ4n) is 2.41. The van der Waals surface area contributed by atoms with Crippen LogP contribution in [0.1, 0.15) is 33.6 Å². The molecule has 0 spiro atoms. The number of hydrogen-bond donors (Lipinski definition) is 2. The van der Waals surface area contributed by atoms with E-state index in [2.05, 4.69) is 37.5 Å². The predicted molar refractivity (Wildman–Crippen MR) is 70.0 cm³/mol. The molecule has 0 aromatic carbocycles. The number of nitrogens with one attached hydrogen (secondary N) is 2. The smallest absolute Gasteiger partial charge is 0.273 e. The van der Waals surface area contributed by atoms with Crippen molar-refractivity contribution in [3.63, 3.8) is 0 Å². The summed E-state index contributed by atoms with van der Waals surface area (Å²) in [5.41, 5.74) is 1.31. The molecule has 0 aromatic rings. The van der Waals surface area contributed by atoms with Gasteiger partial charge in [0.1, 0.15) is 5.57 Å². The number of barbiturate groups is 1. The fraction of sp³-hybridized carbons (Fsp3) is 0.500. The van der Waals surface area contributed by atoms with Gasteiger partial charge in [-0.15, -0.1) is 0 Å². The van der Waals surface area contributed by atoms with Crippen molar-refractivity contribution in [2.45, 2.75) is 33.6 Å². The van der Waals surface area contributed by atoms with Gasteiger partial charge in [0, 0.05) is 0 Å². The van der Waals surface area contributed by atoms with E-state index in [1.165, 1.54) is 5.57 Å². The number of imide groups is 2. The maximum Gasteiger partial charge on any atom is 0.328 e. The largest absolute Gasteiger partial charge is 0.328 e. The SMILES string of the molecule is CC1CC=C(CC=C2C(=O)NC(=O)NC2=O)C1(C)C. The summed E-state index contributed by atoms with van der Waals surface area (Å²) in [6, 6.07) is -0.763. The van der Waals surface area contributed by atoms with Gasteiger partial charge in [-0.3, -0.25) is 20.2 Å². The van der Waals surface area contributed by atoms with Gasteiger partial charge in [0.2, 0.25) is 0 Å². The van der Waals surface area contributed by atoms with Crippen LogP contribution in [-0.4, -0.2) is 17.8 Å². The van der Waals surface area contributed by atoms with Gasteiger partial charge in [0.05, 0.1) is 0 Å². The Balaban J connectivity index is 2.13. The molecule has 2 rings (SSSR count). The molecule has 0 radical (unpaired) electrons. The van der Waals surface area contributed by atoms with Gasteiger partial charge in [0.25, 0.3) is 11.8 Å². The van der Waals surface area contributed by atoms with E-state index in [0.29, 0.717) is 12.3 Å². The van der Waals surface area contributed by atoms with E-state index >= 15 is 0 Å². The first-order valence-electron chi connectivity index (χ1n) is 6.38. The molecule has 0 bridgehead atoms. The van der Waals surface area contributed by atoms with Gasteiger partial charge in [-0.05, 0) is 24.2 Å². The van der Waals surface area contributed by atoms with E-state index in [1.807, 2.05) is 0 Å². The number of rotatable bonds is 2. The summed E-state index contributed by atoms with van der Waals surface area (Å²) in [5.74, 6) is -0.701. The van der Waals surface area contributed by atoms with E-state index in [1.54, 1.807) is 6.08 Å². The van der Waals surface area contributed by atoms with Crippen molar-refractivity contribution >= 4 is 17.8 Å². The molecular weight excluding hydrogens is 244 g/mol. The summed E-state index contributed by atoms with van der Waals surface area (Å²) in [6.45, 7) is 6.52. The van der Waals surface area contributed by atoms with Gasteiger partial charge in [-0.25, -0.2) is 4.79 Å². The molecule has 1 atom stereocenters. The quantitative estimate of drug-likeness (QED) is 0.451. The third kappa shape index (κ3) is 2.45. The molecule has 102 valence electrons. The highest BCUT2D eigenvalue weighted by atomic mass is 16.2. The third-order valence-corrected chi connectivity index (χ3v) is 4.25. The normalized spacial score (nSPS) is 25.8. The Kier molecular flexibility index (Phi) is 3.30. The van der Waals surface area contributed by atoms with E-state index < -0.39 is 17.8 Å². The Hall–Kier alpha value is -1.91. The van der Waals surface area contributed by atoms with E-state index in [-0.39, 0.29) is 11.0 Å². The molecule has 1 aliphatic carbocycles. The molecule has 2 N–H and O–H groups in total. The van der Waals surface area contributed by atoms with Crippen LogP contribution in [0.25, 0.3) is 0 Å². The molecule has 0 saturated carbocycles. The van der Waals surface area contributed by atoms with Crippen LogP contribution in [0.5, 0.6) is 0 Å². The zero-order valence-electron chi connectivity index (χ0n) is 11.4. The maximum atomic E-state index is 11.6. The van der Waals surface area contributed by atoms with Crippen LogP contribution in [0.15, 0.2) is 23.3 Å². The van der Waals surface area contributed by atoms with Crippen LogP contribution < -0.4 is 10.6 Å². The number of urea groups is 1. The van der Waals surface area contributed by atoms with E-state index in [0.717, 1.165) is 6.42 Å². The summed E-state index contributed by atoms with van der Waals surface area (Å²) in [5, 5.41) is 4.13. The molecule has 4 amide bonds. The lowest BCUT2D eigenvalue weighted by Crippen LogP contribution is -2.51. The van der Waals surface area contributed by atoms with Crippen molar-refractivity contribution in [3.8, 4) is 0 Å². The second kappa shape index (κ2) is 4.64. The van der Waals surface area contributed by atoms with Crippen molar-refractivity contribution in [1.29, 1.82) is 0 Å². The van der Waals surface area contributed by atoms with Crippen molar-refractivity contribution in [3.05, 3.63) is 23.3 Å². The Morgan fingerprint density at radius 2 is 1.84 bits per heavy atom. The monoisotopic (exact) mass is 262 g/mol. The first-order chi connectivity index (χ1) is 8.82. The average Bonchev–Trinajstić information content (AvgIpc) is 2.54. The topological polar surface area (TPSA) is 75.3 Å². The van der Waals surface area contributed by atoms with Crippen molar-refractivity contribution in [1.82, 2.24) is 10.6 Å². The van der Waals surface area contributed by atoms with E-state index in [9.17, 15) is 14.4 Å². The Bertz CT molecular complexity index is 493. The number of carbonyl (C=O) groups is 3. The molecule has 19 heavy (non-hydrogen) atoms. The highest BCUT2D eigenvalue weighted by Crippen LogP contribution is 2.44. The van der Waals surface area contributed by atoms with Crippen molar-refractivity contribution < 1.29 is 14.4 Å². The first kappa shape index (κ1) is 13.5. The van der Waals surface area contributed by atoms with Gasteiger partial charge in [-0.2, -0.15) is 0 Å². The van der Waals surface area contributed by atoms with Gasteiger partial charge in [-0.1, -0.05) is 38.5 Å². The number of amides is 4. The van der Waals surface area contributed by atoms with Crippen molar-refractivity contribution in [2.75, 3.05) is 0 Å². The van der Waals surface area contributed by atoms with Crippen LogP contribution in [0.2, 0.25) is 0 Å². The van der Waals surface area contributed by atoms with Gasteiger partial charge < -0.3 is 0 Å². The molecule has 1 aliphatic heterocycles. The minimum atomic E-state index is -0.763. The Morgan fingerprint density at radius 1 is 1.26 bits per heavy atom. The highest BCUT2D eigenvalue weighted by molar-refractivity contribution is 6.28. The van der Waals surface area contributed by atoms with Crippen molar-refractivity contribution in [2.24, 2.45) is 11.3 Å². The number of allylic oxidation sites excluding steroid dienone is 3. The van der Waals surface area contributed by atoms with Crippen LogP contribution in [-0.2, 0) is 9.59 Å². The number of carbonyl (C=O) groups excluding carboxylic acids is 3. The fourth-order valence-corrected chi connectivity index (χ4v) is 2.41. The zero-order valence-corrected chi connectivity index (χ0v) is 11.4. The minimum absolute atomic E-state index is 0.0100. The summed E-state index contributed by atoms with van der Waals surface area (Å²) >= 11 is 0. The predicted octanol–water partition coefficient (Wildman–Crippen LogP) is 1.66. The Labute approximate surface area is 112 Å². The van der Waals surface area contributed by atoms with Gasteiger partial charge >= 0.3 is 6.03 Å². The standard InChI is InChI=1S/C14H18N2O3/c1-8-4-5-9(14(8,2)3)6-7-10-11(17)15-13(19)16-12(10)18/h5,7-8H,4,6H2,1-3H3,(H2,15,16,17,18,19). The molecule has 2 aliphatic rings. The molecule has 1 saturated heterocycles. The third-order valence-electron chi connectivity index (χ3n) is 4.25. The van der Waals surface area contributed by atoms with Crippen LogP contribution >= 0.6 is 0 Å². The lowest BCUT2D eigenvalue weighted by atomic mass is 9.77. The molecule has 1 heterocycles. The highest BCUT2D eigenvalue weighted by Gasteiger charge is 2.34. The molecule has 1 fully saturated rings.